The molecule has 0 radical (unpaired) electrons. The fraction of sp³-hybridized carbons (Fsp3) is 0.571. The number of ether oxygens (including phenoxy) is 2. The van der Waals surface area contributed by atoms with Crippen molar-refractivity contribution >= 4 is 5.91 Å². The van der Waals surface area contributed by atoms with Gasteiger partial charge in [0.15, 0.2) is 0 Å². The number of hydrogen-bond acceptors (Lipinski definition) is 5. The van der Waals surface area contributed by atoms with Gasteiger partial charge in [0.2, 0.25) is 0 Å². The highest BCUT2D eigenvalue weighted by atomic mass is 16.5. The van der Waals surface area contributed by atoms with Gasteiger partial charge >= 0.3 is 0 Å². The summed E-state index contributed by atoms with van der Waals surface area (Å²) < 4.78 is 11.0. The molecule has 20 heavy (non-hydrogen) atoms. The van der Waals surface area contributed by atoms with Crippen molar-refractivity contribution in [3.8, 4) is 5.75 Å². The Morgan fingerprint density at radius 3 is 3.00 bits per heavy atom. The summed E-state index contributed by atoms with van der Waals surface area (Å²) in [5.74, 6) is -0.178. The van der Waals surface area contributed by atoms with E-state index >= 15 is 0 Å². The summed E-state index contributed by atoms with van der Waals surface area (Å²) in [7, 11) is 1.61. The zero-order chi connectivity index (χ0) is 14.8. The maximum absolute atomic E-state index is 12.5. The first-order chi connectivity index (χ1) is 9.41. The van der Waals surface area contributed by atoms with Crippen molar-refractivity contribution in [1.82, 2.24) is 9.88 Å². The van der Waals surface area contributed by atoms with Crippen LogP contribution in [-0.2, 0) is 9.47 Å². The van der Waals surface area contributed by atoms with E-state index in [4.69, 9.17) is 9.47 Å². The lowest BCUT2D eigenvalue weighted by atomic mass is 10.0. The first kappa shape index (κ1) is 14.7. The number of carbonyl (C=O) groups excluding carboxylic acids is 1. The highest BCUT2D eigenvalue weighted by Gasteiger charge is 2.36. The molecule has 1 aliphatic rings. The molecule has 1 N–H and O–H groups in total. The Morgan fingerprint density at radius 2 is 2.35 bits per heavy atom. The molecule has 1 saturated heterocycles. The van der Waals surface area contributed by atoms with Gasteiger partial charge < -0.3 is 19.5 Å². The monoisotopic (exact) mass is 280 g/mol. The van der Waals surface area contributed by atoms with Crippen LogP contribution < -0.4 is 0 Å². The van der Waals surface area contributed by atoms with Crippen LogP contribution in [0, 0.1) is 0 Å². The summed E-state index contributed by atoms with van der Waals surface area (Å²) in [6.45, 7) is 5.27. The summed E-state index contributed by atoms with van der Waals surface area (Å²) in [6, 6.07) is 1.42. The lowest BCUT2D eigenvalue weighted by Gasteiger charge is -2.42. The van der Waals surface area contributed by atoms with Crippen molar-refractivity contribution < 1.29 is 19.4 Å². The van der Waals surface area contributed by atoms with Crippen LogP contribution >= 0.6 is 0 Å². The maximum atomic E-state index is 12.5. The molecule has 1 unspecified atom stereocenters. The molecule has 0 spiro atoms. The van der Waals surface area contributed by atoms with Crippen LogP contribution in [0.1, 0.15) is 24.2 Å². The van der Waals surface area contributed by atoms with Gasteiger partial charge in [0.1, 0.15) is 5.75 Å². The van der Waals surface area contributed by atoms with Gasteiger partial charge in [0, 0.05) is 26.4 Å². The van der Waals surface area contributed by atoms with Gasteiger partial charge in [-0.05, 0) is 19.9 Å². The largest absolute Gasteiger partial charge is 0.506 e. The number of pyridine rings is 1. The van der Waals surface area contributed by atoms with E-state index in [9.17, 15) is 9.90 Å². The number of rotatable bonds is 3. The fourth-order valence-electron chi connectivity index (χ4n) is 2.45. The Hall–Kier alpha value is -1.66. The van der Waals surface area contributed by atoms with E-state index in [1.165, 1.54) is 18.5 Å². The number of hydrogen-bond donors (Lipinski definition) is 1. The van der Waals surface area contributed by atoms with E-state index in [1.807, 2.05) is 13.8 Å². The summed E-state index contributed by atoms with van der Waals surface area (Å²) in [6.07, 6.45) is 2.60. The summed E-state index contributed by atoms with van der Waals surface area (Å²) in [5.41, 5.74) is -0.0553. The third-order valence-electron chi connectivity index (χ3n) is 3.09. The molecule has 1 fully saturated rings. The standard InChI is InChI=1S/C14H20N2O4/c1-14(2)9-16(7-12(20-14)8-19-3)13(18)10-4-11(17)6-15-5-10/h4-6,12,17H,7-9H2,1-3H3. The summed E-state index contributed by atoms with van der Waals surface area (Å²) in [4.78, 5) is 18.0. The maximum Gasteiger partial charge on any atom is 0.255 e. The van der Waals surface area contributed by atoms with E-state index in [1.54, 1.807) is 12.0 Å². The second-order valence-corrected chi connectivity index (χ2v) is 5.57. The lowest BCUT2D eigenvalue weighted by Crippen LogP contribution is -2.55. The van der Waals surface area contributed by atoms with Crippen LogP contribution in [0.5, 0.6) is 5.75 Å². The predicted octanol–water partition coefficient (Wildman–Crippen LogP) is 1.05. The Balaban J connectivity index is 2.16. The van der Waals surface area contributed by atoms with Gasteiger partial charge in [-0.1, -0.05) is 0 Å². The molecule has 1 amide bonds. The highest BCUT2D eigenvalue weighted by molar-refractivity contribution is 5.94. The fourth-order valence-corrected chi connectivity index (χ4v) is 2.45. The Bertz CT molecular complexity index is 490. The summed E-state index contributed by atoms with van der Waals surface area (Å²) >= 11 is 0. The number of amides is 1. The van der Waals surface area contributed by atoms with Crippen molar-refractivity contribution in [3.05, 3.63) is 24.0 Å². The predicted molar refractivity (Wildman–Crippen MR) is 72.6 cm³/mol. The molecule has 1 atom stereocenters. The minimum Gasteiger partial charge on any atom is -0.506 e. The van der Waals surface area contributed by atoms with Gasteiger partial charge in [-0.15, -0.1) is 0 Å². The molecule has 2 heterocycles. The van der Waals surface area contributed by atoms with E-state index in [-0.39, 0.29) is 17.8 Å². The van der Waals surface area contributed by atoms with Crippen molar-refractivity contribution in [2.75, 3.05) is 26.8 Å². The van der Waals surface area contributed by atoms with Crippen LogP contribution in [0.25, 0.3) is 0 Å². The van der Waals surface area contributed by atoms with Gasteiger partial charge in [0.05, 0.1) is 30.1 Å². The Morgan fingerprint density at radius 1 is 1.60 bits per heavy atom. The van der Waals surface area contributed by atoms with Crippen LogP contribution in [-0.4, -0.2) is 59.4 Å². The molecule has 110 valence electrons. The van der Waals surface area contributed by atoms with E-state index < -0.39 is 5.60 Å². The topological polar surface area (TPSA) is 71.9 Å². The van der Waals surface area contributed by atoms with E-state index in [0.717, 1.165) is 0 Å². The minimum atomic E-state index is -0.429. The third kappa shape index (κ3) is 3.46. The van der Waals surface area contributed by atoms with Crippen molar-refractivity contribution in [3.63, 3.8) is 0 Å². The zero-order valence-corrected chi connectivity index (χ0v) is 12.0. The average Bonchev–Trinajstić information content (AvgIpc) is 2.36. The van der Waals surface area contributed by atoms with Gasteiger partial charge in [-0.3, -0.25) is 9.78 Å². The second kappa shape index (κ2) is 5.76. The number of aromatic hydroxyl groups is 1. The molecule has 6 nitrogen and oxygen atoms in total. The number of nitrogens with zero attached hydrogens (tertiary/aromatic N) is 2. The third-order valence-corrected chi connectivity index (χ3v) is 3.09. The molecule has 0 bridgehead atoms. The van der Waals surface area contributed by atoms with Gasteiger partial charge in [-0.25, -0.2) is 0 Å². The molecular weight excluding hydrogens is 260 g/mol. The second-order valence-electron chi connectivity index (χ2n) is 5.57. The molecule has 1 aliphatic heterocycles. The number of aromatic nitrogens is 1. The van der Waals surface area contributed by atoms with Gasteiger partial charge in [0.25, 0.3) is 5.91 Å². The quantitative estimate of drug-likeness (QED) is 0.896. The molecule has 0 aromatic carbocycles. The van der Waals surface area contributed by atoms with Crippen molar-refractivity contribution in [2.45, 2.75) is 25.6 Å². The lowest BCUT2D eigenvalue weighted by molar-refractivity contribution is -0.143. The van der Waals surface area contributed by atoms with Crippen LogP contribution in [0.2, 0.25) is 0 Å². The first-order valence-corrected chi connectivity index (χ1v) is 6.51. The normalized spacial score (nSPS) is 21.8. The van der Waals surface area contributed by atoms with Gasteiger partial charge in [-0.2, -0.15) is 0 Å². The Labute approximate surface area is 118 Å². The molecule has 2 rings (SSSR count). The molecule has 1 aromatic rings. The number of morpholine rings is 1. The average molecular weight is 280 g/mol. The molecule has 0 saturated carbocycles. The minimum absolute atomic E-state index is 0.0168. The smallest absolute Gasteiger partial charge is 0.255 e. The van der Waals surface area contributed by atoms with E-state index in [0.29, 0.717) is 25.3 Å². The zero-order valence-electron chi connectivity index (χ0n) is 12.0. The first-order valence-electron chi connectivity index (χ1n) is 6.51. The molecule has 1 aromatic heterocycles. The van der Waals surface area contributed by atoms with Crippen molar-refractivity contribution in [2.24, 2.45) is 0 Å². The SMILES string of the molecule is COCC1CN(C(=O)c2cncc(O)c2)CC(C)(C)O1. The summed E-state index contributed by atoms with van der Waals surface area (Å²) in [5, 5.41) is 9.42. The van der Waals surface area contributed by atoms with Crippen molar-refractivity contribution in [1.29, 1.82) is 0 Å². The Kier molecular flexibility index (Phi) is 4.25. The van der Waals surface area contributed by atoms with Crippen LogP contribution in [0.3, 0.4) is 0 Å². The molecule has 0 aliphatic carbocycles. The number of carbonyl (C=O) groups is 1. The van der Waals surface area contributed by atoms with E-state index in [2.05, 4.69) is 4.98 Å². The van der Waals surface area contributed by atoms with Crippen LogP contribution in [0.4, 0.5) is 0 Å². The molecule has 6 heteroatoms. The van der Waals surface area contributed by atoms with Crippen LogP contribution in [0.15, 0.2) is 18.5 Å². The highest BCUT2D eigenvalue weighted by Crippen LogP contribution is 2.23. The number of methoxy groups -OCH3 is 1. The molecular formula is C14H20N2O4.